The molecule has 2 aromatic heterocycles. The van der Waals surface area contributed by atoms with Crippen molar-refractivity contribution < 1.29 is 14.5 Å². The highest BCUT2D eigenvalue weighted by Gasteiger charge is 2.16. The number of anilines is 1. The number of benzene rings is 2. The average molecular weight is 538 g/mol. The molecule has 0 unspecified atom stereocenters. The van der Waals surface area contributed by atoms with Crippen molar-refractivity contribution in [1.29, 1.82) is 0 Å². The number of non-ortho nitro benzene ring substituents is 1. The van der Waals surface area contributed by atoms with Gasteiger partial charge in [-0.25, -0.2) is 4.98 Å². The maximum absolute atomic E-state index is 12.5. The zero-order chi connectivity index (χ0) is 26.4. The van der Waals surface area contributed by atoms with E-state index in [2.05, 4.69) is 25.8 Å². The van der Waals surface area contributed by atoms with E-state index >= 15 is 0 Å². The van der Waals surface area contributed by atoms with Crippen LogP contribution in [0.3, 0.4) is 0 Å². The van der Waals surface area contributed by atoms with Gasteiger partial charge in [0.15, 0.2) is 16.1 Å². The number of amides is 2. The normalized spacial score (nSPS) is 10.8. The van der Waals surface area contributed by atoms with Crippen LogP contribution in [0.5, 0.6) is 0 Å². The van der Waals surface area contributed by atoms with Gasteiger partial charge in [0, 0.05) is 35.2 Å². The molecule has 2 aromatic carbocycles. The minimum absolute atomic E-state index is 0.0263. The summed E-state index contributed by atoms with van der Waals surface area (Å²) in [7, 11) is 0. The molecule has 2 amide bonds. The predicted octanol–water partition coefficient (Wildman–Crippen LogP) is 4.30. The number of nitro groups is 1. The second-order valence-corrected chi connectivity index (χ2v) is 9.68. The molecule has 4 aromatic rings. The van der Waals surface area contributed by atoms with Crippen LogP contribution in [0.2, 0.25) is 0 Å². The highest BCUT2D eigenvalue weighted by atomic mass is 32.2. The molecule has 0 saturated heterocycles. The van der Waals surface area contributed by atoms with Gasteiger partial charge in [-0.3, -0.25) is 19.7 Å². The molecule has 0 radical (unpaired) electrons. The Morgan fingerprint density at radius 3 is 2.73 bits per heavy atom. The fourth-order valence-electron chi connectivity index (χ4n) is 3.45. The first-order valence-corrected chi connectivity index (χ1v) is 13.1. The van der Waals surface area contributed by atoms with Crippen LogP contribution in [0.25, 0.3) is 11.3 Å². The number of hydrogen-bond acceptors (Lipinski definition) is 9. The van der Waals surface area contributed by atoms with Crippen molar-refractivity contribution in [3.63, 3.8) is 0 Å². The molecule has 11 nitrogen and oxygen atoms in total. The Balaban J connectivity index is 1.32. The van der Waals surface area contributed by atoms with Crippen molar-refractivity contribution in [1.82, 2.24) is 25.1 Å². The number of nitrogens with one attached hydrogen (secondary N) is 2. The number of nitro benzene ring substituents is 1. The number of nitrogens with zero attached hydrogens (tertiary/aromatic N) is 5. The van der Waals surface area contributed by atoms with Crippen molar-refractivity contribution in [2.24, 2.45) is 0 Å². The Labute approximate surface area is 220 Å². The largest absolute Gasteiger partial charge is 0.345 e. The molecule has 13 heteroatoms. The van der Waals surface area contributed by atoms with Gasteiger partial charge in [0.2, 0.25) is 5.91 Å². The van der Waals surface area contributed by atoms with Gasteiger partial charge in [-0.15, -0.1) is 21.5 Å². The van der Waals surface area contributed by atoms with Crippen molar-refractivity contribution in [3.05, 3.63) is 81.0 Å². The van der Waals surface area contributed by atoms with Crippen LogP contribution < -0.4 is 10.6 Å². The molecule has 4 rings (SSSR count). The molecule has 0 spiro atoms. The number of aromatic nitrogens is 4. The monoisotopic (exact) mass is 537 g/mol. The lowest BCUT2D eigenvalue weighted by Gasteiger charge is -2.09. The zero-order valence-corrected chi connectivity index (χ0v) is 21.6. The van der Waals surface area contributed by atoms with E-state index in [1.54, 1.807) is 23.6 Å². The molecular weight excluding hydrogens is 514 g/mol. The van der Waals surface area contributed by atoms with Crippen LogP contribution in [0.4, 0.5) is 10.8 Å². The van der Waals surface area contributed by atoms with E-state index in [0.717, 1.165) is 5.56 Å². The first-order valence-electron chi connectivity index (χ1n) is 11.2. The number of thiazole rings is 1. The standard InChI is InChI=1S/C24H23N7O4S2/c1-3-30-20(12-25-22(33)17-8-4-6-15(2)10-17)28-29-24(30)37-14-21(32)27-23-26-19(13-36-23)16-7-5-9-18(11-16)31(34)35/h4-11,13H,3,12,14H2,1-2H3,(H,25,33)(H,26,27,32). The molecule has 0 aliphatic heterocycles. The Kier molecular flexibility index (Phi) is 8.25. The molecule has 2 heterocycles. The number of thioether (sulfide) groups is 1. The van der Waals surface area contributed by atoms with Gasteiger partial charge in [0.05, 0.1) is 22.9 Å². The van der Waals surface area contributed by atoms with E-state index in [1.807, 2.05) is 36.6 Å². The third-order valence-corrected chi connectivity index (χ3v) is 6.96. The SMILES string of the molecule is CCn1c(CNC(=O)c2cccc(C)c2)nnc1SCC(=O)Nc1nc(-c2cccc([N+](=O)[O-])c2)cs1. The Morgan fingerprint density at radius 1 is 1.16 bits per heavy atom. The van der Waals surface area contributed by atoms with Gasteiger partial charge in [-0.05, 0) is 26.0 Å². The number of carbonyl (C=O) groups excluding carboxylic acids is 2. The first-order chi connectivity index (χ1) is 17.8. The second kappa shape index (κ2) is 11.8. The van der Waals surface area contributed by atoms with Gasteiger partial charge in [-0.2, -0.15) is 0 Å². The molecular formula is C24H23N7O4S2. The van der Waals surface area contributed by atoms with Crippen molar-refractivity contribution in [3.8, 4) is 11.3 Å². The second-order valence-electron chi connectivity index (χ2n) is 7.88. The molecule has 0 bridgehead atoms. The van der Waals surface area contributed by atoms with Crippen molar-refractivity contribution >= 4 is 45.7 Å². The van der Waals surface area contributed by atoms with E-state index in [9.17, 15) is 19.7 Å². The molecule has 0 fully saturated rings. The minimum atomic E-state index is -0.464. The van der Waals surface area contributed by atoms with Gasteiger partial charge in [-0.1, -0.05) is 41.6 Å². The maximum Gasteiger partial charge on any atom is 0.270 e. The molecule has 0 atom stereocenters. The molecule has 190 valence electrons. The van der Waals surface area contributed by atoms with Crippen LogP contribution in [0.15, 0.2) is 59.1 Å². The lowest BCUT2D eigenvalue weighted by atomic mass is 10.1. The van der Waals surface area contributed by atoms with Crippen molar-refractivity contribution in [2.75, 3.05) is 11.1 Å². The quantitative estimate of drug-likeness (QED) is 0.173. The summed E-state index contributed by atoms with van der Waals surface area (Å²) in [4.78, 5) is 39.9. The third-order valence-electron chi connectivity index (χ3n) is 5.23. The molecule has 0 saturated carbocycles. The van der Waals surface area contributed by atoms with E-state index in [0.29, 0.717) is 39.5 Å². The van der Waals surface area contributed by atoms with Gasteiger partial charge in [0.1, 0.15) is 0 Å². The summed E-state index contributed by atoms with van der Waals surface area (Å²) in [5.74, 6) is 0.202. The summed E-state index contributed by atoms with van der Waals surface area (Å²) in [6, 6.07) is 13.5. The first kappa shape index (κ1) is 26.0. The third kappa shape index (κ3) is 6.57. The smallest absolute Gasteiger partial charge is 0.270 e. The zero-order valence-electron chi connectivity index (χ0n) is 20.0. The van der Waals surface area contributed by atoms with Crippen LogP contribution in [-0.4, -0.2) is 42.2 Å². The summed E-state index contributed by atoms with van der Waals surface area (Å²) in [6.45, 7) is 4.64. The summed E-state index contributed by atoms with van der Waals surface area (Å²) < 4.78 is 1.85. The van der Waals surface area contributed by atoms with Gasteiger partial charge in [0.25, 0.3) is 11.6 Å². The molecule has 0 aliphatic carbocycles. The number of aryl methyl sites for hydroxylation is 1. The lowest BCUT2D eigenvalue weighted by Crippen LogP contribution is -2.25. The van der Waals surface area contributed by atoms with E-state index < -0.39 is 4.92 Å². The number of hydrogen-bond donors (Lipinski definition) is 2. The van der Waals surface area contributed by atoms with E-state index in [1.165, 1.54) is 35.2 Å². The average Bonchev–Trinajstić information content (AvgIpc) is 3.52. The molecule has 37 heavy (non-hydrogen) atoms. The summed E-state index contributed by atoms with van der Waals surface area (Å²) in [6.07, 6.45) is 0. The minimum Gasteiger partial charge on any atom is -0.345 e. The van der Waals surface area contributed by atoms with Crippen molar-refractivity contribution in [2.45, 2.75) is 32.1 Å². The van der Waals surface area contributed by atoms with Gasteiger partial charge >= 0.3 is 0 Å². The van der Waals surface area contributed by atoms with Gasteiger partial charge < -0.3 is 15.2 Å². The van der Waals surface area contributed by atoms with E-state index in [4.69, 9.17) is 0 Å². The van der Waals surface area contributed by atoms with Crippen LogP contribution >= 0.6 is 23.1 Å². The summed E-state index contributed by atoms with van der Waals surface area (Å²) in [5, 5.41) is 27.6. The lowest BCUT2D eigenvalue weighted by molar-refractivity contribution is -0.384. The number of rotatable bonds is 10. The van der Waals surface area contributed by atoms with Crippen LogP contribution in [0, 0.1) is 17.0 Å². The van der Waals surface area contributed by atoms with Crippen LogP contribution in [0.1, 0.15) is 28.7 Å². The topological polar surface area (TPSA) is 145 Å². The Bertz CT molecular complexity index is 1450. The van der Waals surface area contributed by atoms with Crippen LogP contribution in [-0.2, 0) is 17.9 Å². The highest BCUT2D eigenvalue weighted by Crippen LogP contribution is 2.27. The number of carbonyl (C=O) groups is 2. The Hall–Kier alpha value is -4.10. The van der Waals surface area contributed by atoms with E-state index in [-0.39, 0.29) is 29.8 Å². The molecule has 2 N–H and O–H groups in total. The highest BCUT2D eigenvalue weighted by molar-refractivity contribution is 7.99. The summed E-state index contributed by atoms with van der Waals surface area (Å²) >= 11 is 2.46. The Morgan fingerprint density at radius 2 is 1.97 bits per heavy atom. The predicted molar refractivity (Wildman–Crippen MR) is 142 cm³/mol. The fourth-order valence-corrected chi connectivity index (χ4v) is 5.01. The molecule has 0 aliphatic rings. The summed E-state index contributed by atoms with van der Waals surface area (Å²) in [5.41, 5.74) is 2.68. The maximum atomic E-state index is 12.5. The fraction of sp³-hybridized carbons (Fsp3) is 0.208.